The quantitative estimate of drug-likeness (QED) is 0.708. The standard InChI is InChI=1S/C18H18ClN3O2S/c1-11(25-14-7-4-12(19)5-8-14)17(23)20-13-6-9-15-16(10-13)22(3)18(24)21(15)2/h4-11H,1-3H3,(H,20,23)/t11-/m0/s1. The lowest BCUT2D eigenvalue weighted by atomic mass is 10.2. The molecule has 0 aliphatic heterocycles. The van der Waals surface area contributed by atoms with E-state index in [0.29, 0.717) is 10.7 Å². The number of amides is 1. The van der Waals surface area contributed by atoms with E-state index in [4.69, 9.17) is 11.6 Å². The summed E-state index contributed by atoms with van der Waals surface area (Å²) in [5.74, 6) is -0.0970. The molecule has 0 saturated heterocycles. The second-order valence-electron chi connectivity index (χ2n) is 5.81. The molecule has 130 valence electrons. The molecule has 0 spiro atoms. The number of rotatable bonds is 4. The minimum absolute atomic E-state index is 0.0925. The number of nitrogens with one attached hydrogen (secondary N) is 1. The van der Waals surface area contributed by atoms with Crippen molar-refractivity contribution < 1.29 is 4.79 Å². The maximum absolute atomic E-state index is 12.4. The Morgan fingerprint density at radius 3 is 2.40 bits per heavy atom. The third-order valence-corrected chi connectivity index (χ3v) is 5.40. The number of imidazole rings is 1. The number of aromatic nitrogens is 2. The molecule has 1 heterocycles. The molecule has 1 aromatic heterocycles. The largest absolute Gasteiger partial charge is 0.328 e. The highest BCUT2D eigenvalue weighted by molar-refractivity contribution is 8.00. The summed E-state index contributed by atoms with van der Waals surface area (Å²) in [6, 6.07) is 12.8. The summed E-state index contributed by atoms with van der Waals surface area (Å²) in [4.78, 5) is 25.4. The van der Waals surface area contributed by atoms with Gasteiger partial charge in [0.1, 0.15) is 0 Å². The Kier molecular flexibility index (Phi) is 4.92. The highest BCUT2D eigenvalue weighted by Crippen LogP contribution is 2.26. The molecular formula is C18H18ClN3O2S. The molecule has 0 bridgehead atoms. The zero-order valence-electron chi connectivity index (χ0n) is 14.1. The molecule has 0 unspecified atom stereocenters. The number of benzene rings is 2. The Bertz CT molecular complexity index is 992. The SMILES string of the molecule is C[C@H](Sc1ccc(Cl)cc1)C(=O)Nc1ccc2c(c1)n(C)c(=O)n2C. The molecule has 2 aromatic carbocycles. The van der Waals surface area contributed by atoms with Crippen molar-refractivity contribution in [1.29, 1.82) is 0 Å². The molecule has 25 heavy (non-hydrogen) atoms. The summed E-state index contributed by atoms with van der Waals surface area (Å²) in [5, 5.41) is 3.31. The van der Waals surface area contributed by atoms with Gasteiger partial charge in [-0.2, -0.15) is 0 Å². The zero-order chi connectivity index (χ0) is 18.1. The van der Waals surface area contributed by atoms with Gasteiger partial charge in [-0.25, -0.2) is 4.79 Å². The van der Waals surface area contributed by atoms with E-state index in [0.717, 1.165) is 15.9 Å². The molecular weight excluding hydrogens is 358 g/mol. The van der Waals surface area contributed by atoms with Gasteiger partial charge in [-0.15, -0.1) is 11.8 Å². The first-order chi connectivity index (χ1) is 11.9. The van der Waals surface area contributed by atoms with Crippen molar-refractivity contribution in [2.24, 2.45) is 14.1 Å². The van der Waals surface area contributed by atoms with E-state index in [1.54, 1.807) is 41.4 Å². The van der Waals surface area contributed by atoms with Gasteiger partial charge in [0, 0.05) is 29.7 Å². The van der Waals surface area contributed by atoms with Gasteiger partial charge in [0.25, 0.3) is 0 Å². The lowest BCUT2D eigenvalue weighted by molar-refractivity contribution is -0.115. The number of hydrogen-bond acceptors (Lipinski definition) is 3. The van der Waals surface area contributed by atoms with Crippen LogP contribution in [0.25, 0.3) is 11.0 Å². The van der Waals surface area contributed by atoms with Crippen molar-refractivity contribution in [3.8, 4) is 0 Å². The Balaban J connectivity index is 1.76. The maximum Gasteiger partial charge on any atom is 0.328 e. The highest BCUT2D eigenvalue weighted by atomic mass is 35.5. The van der Waals surface area contributed by atoms with Crippen LogP contribution in [0.15, 0.2) is 52.2 Å². The molecule has 0 saturated carbocycles. The average Bonchev–Trinajstić information content (AvgIpc) is 2.81. The van der Waals surface area contributed by atoms with E-state index in [2.05, 4.69) is 5.32 Å². The first-order valence-electron chi connectivity index (χ1n) is 7.75. The van der Waals surface area contributed by atoms with Crippen LogP contribution in [0.2, 0.25) is 5.02 Å². The van der Waals surface area contributed by atoms with Gasteiger partial charge < -0.3 is 5.32 Å². The topological polar surface area (TPSA) is 56.0 Å². The molecule has 7 heteroatoms. The third-order valence-electron chi connectivity index (χ3n) is 4.04. The predicted molar refractivity (Wildman–Crippen MR) is 104 cm³/mol. The smallest absolute Gasteiger partial charge is 0.325 e. The lowest BCUT2D eigenvalue weighted by Gasteiger charge is -2.12. The van der Waals surface area contributed by atoms with Gasteiger partial charge in [0.15, 0.2) is 0 Å². The van der Waals surface area contributed by atoms with Crippen molar-refractivity contribution >= 4 is 46.0 Å². The zero-order valence-corrected chi connectivity index (χ0v) is 15.7. The summed E-state index contributed by atoms with van der Waals surface area (Å²) in [6.07, 6.45) is 0. The molecule has 0 aliphatic carbocycles. The minimum Gasteiger partial charge on any atom is -0.325 e. The second kappa shape index (κ2) is 6.98. The minimum atomic E-state index is -0.267. The summed E-state index contributed by atoms with van der Waals surface area (Å²) in [6.45, 7) is 1.85. The number of thioether (sulfide) groups is 1. The molecule has 5 nitrogen and oxygen atoms in total. The van der Waals surface area contributed by atoms with Crippen LogP contribution in [0.5, 0.6) is 0 Å². The normalized spacial score (nSPS) is 12.3. The van der Waals surface area contributed by atoms with Crippen molar-refractivity contribution in [2.45, 2.75) is 17.1 Å². The molecule has 3 rings (SSSR count). The summed E-state index contributed by atoms with van der Waals surface area (Å²) in [7, 11) is 3.45. The van der Waals surface area contributed by atoms with Crippen LogP contribution in [-0.2, 0) is 18.9 Å². The number of aryl methyl sites for hydroxylation is 2. The maximum atomic E-state index is 12.4. The van der Waals surface area contributed by atoms with Gasteiger partial charge in [0.2, 0.25) is 5.91 Å². The van der Waals surface area contributed by atoms with E-state index >= 15 is 0 Å². The Morgan fingerprint density at radius 1 is 1.08 bits per heavy atom. The van der Waals surface area contributed by atoms with Gasteiger partial charge in [0.05, 0.1) is 16.3 Å². The fraction of sp³-hybridized carbons (Fsp3) is 0.222. The number of halogens is 1. The van der Waals surface area contributed by atoms with Crippen LogP contribution in [-0.4, -0.2) is 20.3 Å². The number of hydrogen-bond donors (Lipinski definition) is 1. The van der Waals surface area contributed by atoms with E-state index in [1.165, 1.54) is 11.8 Å². The molecule has 0 radical (unpaired) electrons. The monoisotopic (exact) mass is 375 g/mol. The van der Waals surface area contributed by atoms with Crippen LogP contribution >= 0.6 is 23.4 Å². The van der Waals surface area contributed by atoms with Gasteiger partial charge in [-0.05, 0) is 49.4 Å². The first-order valence-corrected chi connectivity index (χ1v) is 9.01. The van der Waals surface area contributed by atoms with E-state index in [1.807, 2.05) is 31.2 Å². The van der Waals surface area contributed by atoms with Crippen molar-refractivity contribution in [2.75, 3.05) is 5.32 Å². The third kappa shape index (κ3) is 3.60. The van der Waals surface area contributed by atoms with Crippen molar-refractivity contribution in [3.63, 3.8) is 0 Å². The summed E-state index contributed by atoms with van der Waals surface area (Å²) in [5.41, 5.74) is 2.18. The Labute approximate surface area is 154 Å². The molecule has 1 amide bonds. The first kappa shape index (κ1) is 17.6. The van der Waals surface area contributed by atoms with Crippen LogP contribution in [0, 0.1) is 0 Å². The van der Waals surface area contributed by atoms with Gasteiger partial charge in [-0.1, -0.05) is 11.6 Å². The van der Waals surface area contributed by atoms with Crippen molar-refractivity contribution in [3.05, 3.63) is 58.0 Å². The Morgan fingerprint density at radius 2 is 1.72 bits per heavy atom. The van der Waals surface area contributed by atoms with E-state index in [-0.39, 0.29) is 16.8 Å². The van der Waals surface area contributed by atoms with Crippen molar-refractivity contribution in [1.82, 2.24) is 9.13 Å². The van der Waals surface area contributed by atoms with E-state index < -0.39 is 0 Å². The summed E-state index contributed by atoms with van der Waals surface area (Å²) < 4.78 is 3.15. The average molecular weight is 376 g/mol. The van der Waals surface area contributed by atoms with Crippen LogP contribution in [0.1, 0.15) is 6.92 Å². The Hall–Kier alpha value is -2.18. The van der Waals surface area contributed by atoms with Crippen LogP contribution in [0.3, 0.4) is 0 Å². The van der Waals surface area contributed by atoms with Gasteiger partial charge in [-0.3, -0.25) is 13.9 Å². The molecule has 3 aromatic rings. The lowest BCUT2D eigenvalue weighted by Crippen LogP contribution is -2.22. The summed E-state index contributed by atoms with van der Waals surface area (Å²) >= 11 is 7.34. The van der Waals surface area contributed by atoms with Gasteiger partial charge >= 0.3 is 5.69 Å². The number of nitrogens with zero attached hydrogens (tertiary/aromatic N) is 2. The predicted octanol–water partition coefficient (Wildman–Crippen LogP) is 3.65. The highest BCUT2D eigenvalue weighted by Gasteiger charge is 2.16. The molecule has 1 N–H and O–H groups in total. The molecule has 1 atom stereocenters. The fourth-order valence-electron chi connectivity index (χ4n) is 2.60. The van der Waals surface area contributed by atoms with E-state index in [9.17, 15) is 9.59 Å². The number of fused-ring (bicyclic) bond motifs is 1. The molecule has 0 aliphatic rings. The number of carbonyl (C=O) groups excluding carboxylic acids is 1. The van der Waals surface area contributed by atoms with Crippen LogP contribution < -0.4 is 11.0 Å². The van der Waals surface area contributed by atoms with Crippen LogP contribution in [0.4, 0.5) is 5.69 Å². The number of carbonyl (C=O) groups is 1. The second-order valence-corrected chi connectivity index (χ2v) is 7.66. The molecule has 0 fully saturated rings. The number of anilines is 1. The fourth-order valence-corrected chi connectivity index (χ4v) is 3.59.